The van der Waals surface area contributed by atoms with Crippen LogP contribution in [0.15, 0.2) is 40.9 Å². The Morgan fingerprint density at radius 3 is 2.70 bits per heavy atom. The zero-order chi connectivity index (χ0) is 20.8. The SMILES string of the molecule is CCN(C[C@@H]1CCCO1)C(=O)c1cc(CN2CCC(Cc3ccccc3)CC2)on1. The number of hydrogen-bond donors (Lipinski definition) is 0. The van der Waals surface area contributed by atoms with Gasteiger partial charge in [-0.3, -0.25) is 9.69 Å². The average molecular weight is 412 g/mol. The van der Waals surface area contributed by atoms with Crippen molar-refractivity contribution in [2.45, 2.75) is 51.7 Å². The first kappa shape index (κ1) is 21.1. The number of rotatable bonds is 8. The van der Waals surface area contributed by atoms with Crippen LogP contribution >= 0.6 is 0 Å². The molecule has 0 radical (unpaired) electrons. The molecule has 6 heteroatoms. The van der Waals surface area contributed by atoms with Gasteiger partial charge in [-0.2, -0.15) is 0 Å². The summed E-state index contributed by atoms with van der Waals surface area (Å²) in [5.74, 6) is 1.45. The summed E-state index contributed by atoms with van der Waals surface area (Å²) in [4.78, 5) is 17.0. The molecule has 1 aromatic heterocycles. The number of carbonyl (C=O) groups excluding carboxylic acids is 1. The lowest BCUT2D eigenvalue weighted by molar-refractivity contribution is 0.0531. The van der Waals surface area contributed by atoms with Crippen LogP contribution in [0.2, 0.25) is 0 Å². The number of likely N-dealkylation sites (tertiary alicyclic amines) is 1. The first-order valence-electron chi connectivity index (χ1n) is 11.3. The van der Waals surface area contributed by atoms with Gasteiger partial charge in [0.25, 0.3) is 5.91 Å². The Morgan fingerprint density at radius 1 is 1.20 bits per heavy atom. The van der Waals surface area contributed by atoms with Gasteiger partial charge in [0.05, 0.1) is 12.6 Å². The number of hydrogen-bond acceptors (Lipinski definition) is 5. The molecule has 1 aromatic carbocycles. The molecule has 2 aromatic rings. The molecule has 2 fully saturated rings. The van der Waals surface area contributed by atoms with Crippen LogP contribution in [0.1, 0.15) is 54.4 Å². The van der Waals surface area contributed by atoms with E-state index in [2.05, 4.69) is 40.4 Å². The van der Waals surface area contributed by atoms with E-state index in [9.17, 15) is 4.79 Å². The number of benzene rings is 1. The van der Waals surface area contributed by atoms with Crippen LogP contribution in [0.25, 0.3) is 0 Å². The molecule has 2 saturated heterocycles. The first-order chi connectivity index (χ1) is 14.7. The second-order valence-corrected chi connectivity index (χ2v) is 8.57. The quantitative estimate of drug-likeness (QED) is 0.662. The van der Waals surface area contributed by atoms with Gasteiger partial charge in [0.15, 0.2) is 11.5 Å². The Kier molecular flexibility index (Phi) is 7.18. The molecule has 6 nitrogen and oxygen atoms in total. The number of likely N-dealkylation sites (N-methyl/N-ethyl adjacent to an activating group) is 1. The maximum absolute atomic E-state index is 12.8. The summed E-state index contributed by atoms with van der Waals surface area (Å²) in [6.45, 7) is 6.90. The van der Waals surface area contributed by atoms with E-state index in [-0.39, 0.29) is 12.0 Å². The minimum atomic E-state index is -0.0652. The van der Waals surface area contributed by atoms with Crippen molar-refractivity contribution in [2.75, 3.05) is 32.8 Å². The van der Waals surface area contributed by atoms with Gasteiger partial charge in [-0.05, 0) is 63.6 Å². The van der Waals surface area contributed by atoms with Crippen LogP contribution in [-0.2, 0) is 17.7 Å². The number of piperidine rings is 1. The summed E-state index contributed by atoms with van der Waals surface area (Å²) in [6, 6.07) is 12.6. The van der Waals surface area contributed by atoms with Crippen molar-refractivity contribution in [3.05, 3.63) is 53.4 Å². The van der Waals surface area contributed by atoms with Crippen LogP contribution in [0.3, 0.4) is 0 Å². The van der Waals surface area contributed by atoms with E-state index in [0.29, 0.717) is 18.8 Å². The lowest BCUT2D eigenvalue weighted by atomic mass is 9.90. The monoisotopic (exact) mass is 411 g/mol. The normalized spacial score (nSPS) is 20.5. The van der Waals surface area contributed by atoms with Gasteiger partial charge in [0, 0.05) is 25.8 Å². The van der Waals surface area contributed by atoms with Crippen LogP contribution in [0, 0.1) is 5.92 Å². The van der Waals surface area contributed by atoms with Crippen molar-refractivity contribution in [3.8, 4) is 0 Å². The average Bonchev–Trinajstić information content (AvgIpc) is 3.46. The van der Waals surface area contributed by atoms with Crippen molar-refractivity contribution < 1.29 is 14.1 Å². The van der Waals surface area contributed by atoms with Gasteiger partial charge >= 0.3 is 0 Å². The molecule has 1 atom stereocenters. The zero-order valence-electron chi connectivity index (χ0n) is 18.0. The number of amides is 1. The van der Waals surface area contributed by atoms with Crippen molar-refractivity contribution in [3.63, 3.8) is 0 Å². The van der Waals surface area contributed by atoms with Gasteiger partial charge in [0.1, 0.15) is 0 Å². The first-order valence-corrected chi connectivity index (χ1v) is 11.3. The largest absolute Gasteiger partial charge is 0.376 e. The predicted octanol–water partition coefficient (Wildman–Crippen LogP) is 3.77. The van der Waals surface area contributed by atoms with Gasteiger partial charge in [-0.25, -0.2) is 0 Å². The number of aromatic nitrogens is 1. The molecule has 0 aliphatic carbocycles. The predicted molar refractivity (Wildman–Crippen MR) is 115 cm³/mol. The van der Waals surface area contributed by atoms with E-state index in [4.69, 9.17) is 9.26 Å². The summed E-state index contributed by atoms with van der Waals surface area (Å²) < 4.78 is 11.2. The lowest BCUT2D eigenvalue weighted by Gasteiger charge is -2.31. The van der Waals surface area contributed by atoms with E-state index in [1.807, 2.05) is 17.9 Å². The van der Waals surface area contributed by atoms with Gasteiger partial charge < -0.3 is 14.2 Å². The van der Waals surface area contributed by atoms with E-state index in [1.165, 1.54) is 18.4 Å². The molecule has 0 N–H and O–H groups in total. The molecule has 0 unspecified atom stereocenters. The molecule has 0 saturated carbocycles. The van der Waals surface area contributed by atoms with E-state index in [1.54, 1.807) is 0 Å². The molecule has 2 aliphatic heterocycles. The van der Waals surface area contributed by atoms with Gasteiger partial charge in [-0.15, -0.1) is 0 Å². The topological polar surface area (TPSA) is 58.8 Å². The molecule has 30 heavy (non-hydrogen) atoms. The summed E-state index contributed by atoms with van der Waals surface area (Å²) in [5.41, 5.74) is 1.83. The summed E-state index contributed by atoms with van der Waals surface area (Å²) in [6.07, 6.45) is 5.80. The molecule has 0 bridgehead atoms. The maximum Gasteiger partial charge on any atom is 0.276 e. The standard InChI is InChI=1S/C24H33N3O3/c1-2-27(18-21-9-6-14-29-21)24(28)23-16-22(30-25-23)17-26-12-10-20(11-13-26)15-19-7-4-3-5-8-19/h3-5,7-8,16,20-21H,2,6,9-15,17-18H2,1H3/t21-/m0/s1. The highest BCUT2D eigenvalue weighted by Crippen LogP contribution is 2.23. The Hall–Kier alpha value is -2.18. The number of ether oxygens (including phenoxy) is 1. The summed E-state index contributed by atoms with van der Waals surface area (Å²) in [5, 5.41) is 4.06. The van der Waals surface area contributed by atoms with E-state index < -0.39 is 0 Å². The van der Waals surface area contributed by atoms with E-state index >= 15 is 0 Å². The minimum Gasteiger partial charge on any atom is -0.376 e. The highest BCUT2D eigenvalue weighted by Gasteiger charge is 2.25. The second kappa shape index (κ2) is 10.2. The summed E-state index contributed by atoms with van der Waals surface area (Å²) in [7, 11) is 0. The van der Waals surface area contributed by atoms with Crippen LogP contribution in [-0.4, -0.2) is 59.8 Å². The fourth-order valence-corrected chi connectivity index (χ4v) is 4.56. The number of carbonyl (C=O) groups is 1. The summed E-state index contributed by atoms with van der Waals surface area (Å²) >= 11 is 0. The molecular formula is C24H33N3O3. The smallest absolute Gasteiger partial charge is 0.276 e. The van der Waals surface area contributed by atoms with Crippen LogP contribution < -0.4 is 0 Å². The highest BCUT2D eigenvalue weighted by molar-refractivity contribution is 5.92. The van der Waals surface area contributed by atoms with E-state index in [0.717, 1.165) is 57.2 Å². The van der Waals surface area contributed by atoms with Gasteiger partial charge in [0.2, 0.25) is 0 Å². The molecule has 4 rings (SSSR count). The third kappa shape index (κ3) is 5.49. The lowest BCUT2D eigenvalue weighted by Crippen LogP contribution is -2.37. The molecule has 0 spiro atoms. The molecule has 1 amide bonds. The highest BCUT2D eigenvalue weighted by atomic mass is 16.5. The van der Waals surface area contributed by atoms with Crippen molar-refractivity contribution in [1.29, 1.82) is 0 Å². The number of nitrogens with zero attached hydrogens (tertiary/aromatic N) is 3. The Balaban J connectivity index is 1.25. The molecular weight excluding hydrogens is 378 g/mol. The van der Waals surface area contributed by atoms with Gasteiger partial charge in [-0.1, -0.05) is 35.5 Å². The van der Waals surface area contributed by atoms with Crippen LogP contribution in [0.4, 0.5) is 0 Å². The Bertz CT molecular complexity index is 793. The fourth-order valence-electron chi connectivity index (χ4n) is 4.56. The van der Waals surface area contributed by atoms with Crippen molar-refractivity contribution >= 4 is 5.91 Å². The van der Waals surface area contributed by atoms with Crippen molar-refractivity contribution in [1.82, 2.24) is 15.0 Å². The van der Waals surface area contributed by atoms with Crippen molar-refractivity contribution in [2.24, 2.45) is 5.92 Å². The minimum absolute atomic E-state index is 0.0652. The fraction of sp³-hybridized carbons (Fsp3) is 0.583. The third-order valence-electron chi connectivity index (χ3n) is 6.35. The third-order valence-corrected chi connectivity index (χ3v) is 6.35. The molecule has 2 aliphatic rings. The molecule has 3 heterocycles. The second-order valence-electron chi connectivity index (χ2n) is 8.57. The molecule has 162 valence electrons. The van der Waals surface area contributed by atoms with Crippen LogP contribution in [0.5, 0.6) is 0 Å². The Labute approximate surface area is 179 Å². The maximum atomic E-state index is 12.8. The zero-order valence-corrected chi connectivity index (χ0v) is 18.0. The Morgan fingerprint density at radius 2 is 2.00 bits per heavy atom.